The van der Waals surface area contributed by atoms with Gasteiger partial charge in [-0.05, 0) is 50.6 Å². The number of hydrogen-bond donors (Lipinski definition) is 1. The maximum Gasteiger partial charge on any atom is 0.226 e. The number of carbonyl (C=O) groups is 1. The zero-order valence-electron chi connectivity index (χ0n) is 12.4. The lowest BCUT2D eigenvalue weighted by atomic mass is 9.87. The molecular formula is C16H23ClN2O. The Kier molecular flexibility index (Phi) is 5.06. The Bertz CT molecular complexity index is 471. The van der Waals surface area contributed by atoms with Crippen molar-refractivity contribution >= 4 is 17.5 Å². The topological polar surface area (TPSA) is 32.3 Å². The number of benzene rings is 1. The van der Waals surface area contributed by atoms with Gasteiger partial charge in [0.25, 0.3) is 0 Å². The van der Waals surface area contributed by atoms with Crippen molar-refractivity contribution < 1.29 is 4.79 Å². The molecule has 0 aliphatic carbocycles. The van der Waals surface area contributed by atoms with E-state index in [0.29, 0.717) is 12.5 Å². The second-order valence-electron chi connectivity index (χ2n) is 5.90. The quantitative estimate of drug-likeness (QED) is 0.905. The molecule has 0 radical (unpaired) electrons. The molecule has 1 aliphatic rings. The predicted octanol–water partition coefficient (Wildman–Crippen LogP) is 2.93. The molecule has 1 aliphatic heterocycles. The smallest absolute Gasteiger partial charge is 0.226 e. The molecule has 3 nitrogen and oxygen atoms in total. The Morgan fingerprint density at radius 3 is 2.60 bits per heavy atom. The molecule has 0 bridgehead atoms. The molecule has 0 aromatic heterocycles. The van der Waals surface area contributed by atoms with Crippen LogP contribution in [0.5, 0.6) is 0 Å². The fraction of sp³-hybridized carbons (Fsp3) is 0.562. The number of hydrogen-bond acceptors (Lipinski definition) is 2. The van der Waals surface area contributed by atoms with Crippen LogP contribution in [-0.4, -0.2) is 29.9 Å². The number of amides is 1. The molecule has 1 heterocycles. The highest BCUT2D eigenvalue weighted by Crippen LogP contribution is 2.22. The van der Waals surface area contributed by atoms with E-state index < -0.39 is 0 Å². The molecule has 1 aromatic rings. The molecule has 110 valence electrons. The average molecular weight is 295 g/mol. The maximum absolute atomic E-state index is 12.7. The summed E-state index contributed by atoms with van der Waals surface area (Å²) >= 11 is 6.02. The molecule has 4 heteroatoms. The third-order valence-corrected chi connectivity index (χ3v) is 4.29. The van der Waals surface area contributed by atoms with Crippen molar-refractivity contribution in [3.8, 4) is 0 Å². The molecule has 2 rings (SSSR count). The summed E-state index contributed by atoms with van der Waals surface area (Å²) in [5.41, 5.74) is 1.08. The number of nitrogens with one attached hydrogen (secondary N) is 1. The minimum atomic E-state index is 0.0813. The van der Waals surface area contributed by atoms with Crippen molar-refractivity contribution in [1.82, 2.24) is 10.2 Å². The van der Waals surface area contributed by atoms with E-state index in [1.165, 1.54) is 0 Å². The Labute approximate surface area is 126 Å². The summed E-state index contributed by atoms with van der Waals surface area (Å²) in [6, 6.07) is 7.93. The first-order valence-corrected chi connectivity index (χ1v) is 7.62. The van der Waals surface area contributed by atoms with Gasteiger partial charge in [-0.2, -0.15) is 0 Å². The van der Waals surface area contributed by atoms with Crippen LogP contribution in [0.2, 0.25) is 5.02 Å². The van der Waals surface area contributed by atoms with Crippen LogP contribution < -0.4 is 5.32 Å². The van der Waals surface area contributed by atoms with E-state index in [1.54, 1.807) is 0 Å². The zero-order chi connectivity index (χ0) is 14.7. The van der Waals surface area contributed by atoms with Crippen LogP contribution in [0.15, 0.2) is 24.3 Å². The van der Waals surface area contributed by atoms with Gasteiger partial charge >= 0.3 is 0 Å². The first kappa shape index (κ1) is 15.3. The Hall–Kier alpha value is -1.06. The van der Waals surface area contributed by atoms with Gasteiger partial charge in [-0.3, -0.25) is 4.79 Å². The Morgan fingerprint density at radius 2 is 2.10 bits per heavy atom. The van der Waals surface area contributed by atoms with E-state index in [0.717, 1.165) is 23.7 Å². The van der Waals surface area contributed by atoms with E-state index in [2.05, 4.69) is 19.2 Å². The number of rotatable bonds is 5. The lowest BCUT2D eigenvalue weighted by Gasteiger charge is -2.36. The predicted molar refractivity (Wildman–Crippen MR) is 82.7 cm³/mol. The first-order chi connectivity index (χ1) is 9.49. The maximum atomic E-state index is 12.7. The SMILES string of the molecule is CC(C(=O)N(Cc1cccc(Cl)c1)C(C)C)C1CNC1. The van der Waals surface area contributed by atoms with Crippen LogP contribution in [0.4, 0.5) is 0 Å². The third kappa shape index (κ3) is 3.53. The van der Waals surface area contributed by atoms with E-state index in [1.807, 2.05) is 36.1 Å². The van der Waals surface area contributed by atoms with Crippen LogP contribution in [0.25, 0.3) is 0 Å². The number of nitrogens with zero attached hydrogens (tertiary/aromatic N) is 1. The van der Waals surface area contributed by atoms with Crippen LogP contribution >= 0.6 is 11.6 Å². The van der Waals surface area contributed by atoms with Gasteiger partial charge in [-0.25, -0.2) is 0 Å². The van der Waals surface area contributed by atoms with Gasteiger partial charge in [0.2, 0.25) is 5.91 Å². The fourth-order valence-corrected chi connectivity index (χ4v) is 2.69. The Balaban J connectivity index is 2.08. The second kappa shape index (κ2) is 6.59. The highest BCUT2D eigenvalue weighted by molar-refractivity contribution is 6.30. The van der Waals surface area contributed by atoms with Crippen molar-refractivity contribution in [2.45, 2.75) is 33.4 Å². The monoisotopic (exact) mass is 294 g/mol. The summed E-state index contributed by atoms with van der Waals surface area (Å²) in [5.74, 6) is 0.799. The highest BCUT2D eigenvalue weighted by Gasteiger charge is 2.32. The zero-order valence-corrected chi connectivity index (χ0v) is 13.2. The van der Waals surface area contributed by atoms with Crippen LogP contribution in [0.3, 0.4) is 0 Å². The van der Waals surface area contributed by atoms with E-state index in [9.17, 15) is 4.79 Å². The standard InChI is InChI=1S/C16H23ClN2O/c1-11(2)19(10-13-5-4-6-15(17)7-13)16(20)12(3)14-8-18-9-14/h4-7,11-12,14,18H,8-10H2,1-3H3. The van der Waals surface area contributed by atoms with E-state index in [4.69, 9.17) is 11.6 Å². The molecule has 0 spiro atoms. The molecular weight excluding hydrogens is 272 g/mol. The summed E-state index contributed by atoms with van der Waals surface area (Å²) in [6.07, 6.45) is 0. The number of halogens is 1. The van der Waals surface area contributed by atoms with Gasteiger partial charge in [0.1, 0.15) is 0 Å². The van der Waals surface area contributed by atoms with E-state index >= 15 is 0 Å². The van der Waals surface area contributed by atoms with E-state index in [-0.39, 0.29) is 17.9 Å². The second-order valence-corrected chi connectivity index (χ2v) is 6.33. The highest BCUT2D eigenvalue weighted by atomic mass is 35.5. The van der Waals surface area contributed by atoms with Crippen molar-refractivity contribution in [2.24, 2.45) is 11.8 Å². The lowest BCUT2D eigenvalue weighted by molar-refractivity contribution is -0.139. The molecule has 1 aromatic carbocycles. The van der Waals surface area contributed by atoms with Crippen molar-refractivity contribution in [3.05, 3.63) is 34.9 Å². The lowest BCUT2D eigenvalue weighted by Crippen LogP contribution is -2.51. The molecule has 20 heavy (non-hydrogen) atoms. The van der Waals surface area contributed by atoms with Crippen molar-refractivity contribution in [1.29, 1.82) is 0 Å². The molecule has 1 N–H and O–H groups in total. The van der Waals surface area contributed by atoms with Crippen LogP contribution in [0, 0.1) is 11.8 Å². The minimum absolute atomic E-state index is 0.0813. The summed E-state index contributed by atoms with van der Waals surface area (Å²) < 4.78 is 0. The summed E-state index contributed by atoms with van der Waals surface area (Å²) in [6.45, 7) is 8.71. The number of carbonyl (C=O) groups excluding carboxylic acids is 1. The molecule has 1 unspecified atom stereocenters. The van der Waals surface area contributed by atoms with Gasteiger partial charge in [0.05, 0.1) is 0 Å². The first-order valence-electron chi connectivity index (χ1n) is 7.24. The third-order valence-electron chi connectivity index (χ3n) is 4.06. The van der Waals surface area contributed by atoms with Gasteiger partial charge in [-0.1, -0.05) is 30.7 Å². The minimum Gasteiger partial charge on any atom is -0.336 e. The van der Waals surface area contributed by atoms with Gasteiger partial charge in [0, 0.05) is 23.5 Å². The molecule has 0 saturated carbocycles. The Morgan fingerprint density at radius 1 is 1.40 bits per heavy atom. The molecule has 1 amide bonds. The van der Waals surface area contributed by atoms with Gasteiger partial charge in [0.15, 0.2) is 0 Å². The molecule has 1 saturated heterocycles. The van der Waals surface area contributed by atoms with Crippen LogP contribution in [0.1, 0.15) is 26.3 Å². The summed E-state index contributed by atoms with van der Waals surface area (Å²) in [7, 11) is 0. The van der Waals surface area contributed by atoms with Gasteiger partial charge < -0.3 is 10.2 Å². The van der Waals surface area contributed by atoms with Crippen LogP contribution in [-0.2, 0) is 11.3 Å². The summed E-state index contributed by atoms with van der Waals surface area (Å²) in [5, 5.41) is 3.95. The van der Waals surface area contributed by atoms with Crippen molar-refractivity contribution in [2.75, 3.05) is 13.1 Å². The van der Waals surface area contributed by atoms with Gasteiger partial charge in [-0.15, -0.1) is 0 Å². The largest absolute Gasteiger partial charge is 0.336 e. The van der Waals surface area contributed by atoms with Crippen molar-refractivity contribution in [3.63, 3.8) is 0 Å². The molecule has 1 fully saturated rings. The fourth-order valence-electron chi connectivity index (χ4n) is 2.47. The summed E-state index contributed by atoms with van der Waals surface area (Å²) in [4.78, 5) is 14.6. The normalized spacial score (nSPS) is 16.9. The average Bonchev–Trinajstić information content (AvgIpc) is 2.32. The molecule has 1 atom stereocenters.